The first-order chi connectivity index (χ1) is 7.74. The van der Waals surface area contributed by atoms with Crippen LogP contribution in [0, 0.1) is 0 Å². The molecule has 0 fully saturated rings. The number of hydrogen-bond donors (Lipinski definition) is 0. The maximum Gasteiger partial charge on any atom is 0.250 e. The summed E-state index contributed by atoms with van der Waals surface area (Å²) in [6.07, 6.45) is 4.15. The van der Waals surface area contributed by atoms with Crippen molar-refractivity contribution in [3.8, 4) is 0 Å². The molecule has 0 aliphatic heterocycles. The van der Waals surface area contributed by atoms with E-state index in [0.29, 0.717) is 0 Å². The first kappa shape index (κ1) is 10.5. The predicted molar refractivity (Wildman–Crippen MR) is 59.1 cm³/mol. The minimum absolute atomic E-state index is 0.135. The lowest BCUT2D eigenvalue weighted by Crippen LogP contribution is -2.11. The Labute approximate surface area is 96.4 Å². The van der Waals surface area contributed by atoms with Crippen LogP contribution in [-0.4, -0.2) is 25.5 Å². The molecule has 0 unspecified atom stereocenters. The van der Waals surface area contributed by atoms with Crippen LogP contribution in [-0.2, 0) is 0 Å². The van der Waals surface area contributed by atoms with Gasteiger partial charge in [0, 0.05) is 12.4 Å². The van der Waals surface area contributed by atoms with Crippen molar-refractivity contribution in [3.63, 3.8) is 0 Å². The third-order valence-electron chi connectivity index (χ3n) is 1.92. The highest BCUT2D eigenvalue weighted by atomic mass is 35.5. The molecule has 0 aliphatic carbocycles. The van der Waals surface area contributed by atoms with Gasteiger partial charge >= 0.3 is 0 Å². The summed E-state index contributed by atoms with van der Waals surface area (Å²) in [6, 6.07) is 3.24. The van der Waals surface area contributed by atoms with Crippen molar-refractivity contribution >= 4 is 23.6 Å². The van der Waals surface area contributed by atoms with Gasteiger partial charge < -0.3 is 0 Å². The second kappa shape index (κ2) is 4.24. The molecule has 2 aromatic rings. The molecule has 2 aromatic heterocycles. The van der Waals surface area contributed by atoms with Crippen LogP contribution in [0.4, 0.5) is 0 Å². The highest BCUT2D eigenvalue weighted by Gasteiger charge is 2.18. The molecule has 0 aliphatic rings. The zero-order valence-corrected chi connectivity index (χ0v) is 8.92. The maximum absolute atomic E-state index is 12.0. The van der Waals surface area contributed by atoms with Crippen molar-refractivity contribution in [2.75, 3.05) is 0 Å². The van der Waals surface area contributed by atoms with E-state index in [9.17, 15) is 4.79 Å². The fraction of sp³-hybridized carbons (Fsp3) is 0. The molecule has 5 nitrogen and oxygen atoms in total. The normalized spacial score (nSPS) is 10.1. The fourth-order valence-electron chi connectivity index (χ4n) is 1.20. The van der Waals surface area contributed by atoms with Gasteiger partial charge in [0.25, 0.3) is 0 Å². The van der Waals surface area contributed by atoms with Crippen molar-refractivity contribution < 1.29 is 4.79 Å². The van der Waals surface area contributed by atoms with Crippen LogP contribution in [0.3, 0.4) is 0 Å². The molecule has 0 saturated heterocycles. The number of hydrogen-bond acceptors (Lipinski definition) is 4. The van der Waals surface area contributed by atoms with Crippen LogP contribution in [0.15, 0.2) is 31.2 Å². The molecule has 0 bridgehead atoms. The quantitative estimate of drug-likeness (QED) is 0.758. The molecule has 0 N–H and O–H groups in total. The van der Waals surface area contributed by atoms with Gasteiger partial charge in [0.1, 0.15) is 12.0 Å². The Morgan fingerprint density at radius 2 is 2.31 bits per heavy atom. The molecule has 2 heterocycles. The highest BCUT2D eigenvalue weighted by molar-refractivity contribution is 6.34. The predicted octanol–water partition coefficient (Wildman–Crippen LogP) is 1.66. The number of pyridine rings is 1. The van der Waals surface area contributed by atoms with Crippen LogP contribution >= 0.6 is 11.6 Å². The Morgan fingerprint density at radius 3 is 3.00 bits per heavy atom. The number of rotatable bonds is 3. The van der Waals surface area contributed by atoms with Crippen LogP contribution in [0.2, 0.25) is 5.02 Å². The molecular weight excluding hydrogens is 228 g/mol. The third-order valence-corrected chi connectivity index (χ3v) is 2.23. The summed E-state index contributed by atoms with van der Waals surface area (Å²) in [5.41, 5.74) is 0.153. The standard InChI is InChI=1S/C10H7ClN4O/c1-2-15-10(13-6-14-15)9(16)8-7(11)4-3-5-12-8/h2-6H,1H2. The van der Waals surface area contributed by atoms with E-state index in [1.807, 2.05) is 0 Å². The largest absolute Gasteiger partial charge is 0.283 e. The Hall–Kier alpha value is -2.01. The summed E-state index contributed by atoms with van der Waals surface area (Å²) >= 11 is 5.86. The molecule has 0 amide bonds. The molecule has 16 heavy (non-hydrogen) atoms. The van der Waals surface area contributed by atoms with Crippen LogP contribution in [0.25, 0.3) is 6.20 Å². The first-order valence-corrected chi connectivity index (χ1v) is 4.79. The zero-order valence-electron chi connectivity index (χ0n) is 8.17. The van der Waals surface area contributed by atoms with Crippen molar-refractivity contribution in [3.05, 3.63) is 47.8 Å². The summed E-state index contributed by atoms with van der Waals surface area (Å²) in [5.74, 6) is -0.251. The molecule has 0 saturated carbocycles. The van der Waals surface area contributed by atoms with Crippen LogP contribution in [0.1, 0.15) is 16.3 Å². The average Bonchev–Trinajstić information content (AvgIpc) is 2.77. The van der Waals surface area contributed by atoms with E-state index in [1.165, 1.54) is 23.4 Å². The Kier molecular flexibility index (Phi) is 2.78. The smallest absolute Gasteiger partial charge is 0.250 e. The van der Waals surface area contributed by atoms with E-state index in [1.54, 1.807) is 12.1 Å². The maximum atomic E-state index is 12.0. The molecule has 0 radical (unpaired) electrons. The van der Waals surface area contributed by atoms with Crippen LogP contribution < -0.4 is 0 Å². The van der Waals surface area contributed by atoms with Gasteiger partial charge in [-0.05, 0) is 12.1 Å². The van der Waals surface area contributed by atoms with E-state index in [0.717, 1.165) is 0 Å². The molecule has 2 rings (SSSR count). The fourth-order valence-corrected chi connectivity index (χ4v) is 1.41. The Bertz CT molecular complexity index is 549. The first-order valence-electron chi connectivity index (χ1n) is 4.41. The lowest BCUT2D eigenvalue weighted by molar-refractivity contribution is 0.102. The minimum atomic E-state index is -0.386. The van der Waals surface area contributed by atoms with Gasteiger partial charge in [-0.3, -0.25) is 9.78 Å². The summed E-state index contributed by atoms with van der Waals surface area (Å²) in [6.45, 7) is 3.52. The van der Waals surface area contributed by atoms with Crippen molar-refractivity contribution in [1.82, 2.24) is 19.7 Å². The zero-order chi connectivity index (χ0) is 11.5. The Balaban J connectivity index is 2.47. The number of nitrogens with zero attached hydrogens (tertiary/aromatic N) is 4. The highest BCUT2D eigenvalue weighted by Crippen LogP contribution is 2.15. The molecular formula is C10H7ClN4O. The van der Waals surface area contributed by atoms with Gasteiger partial charge in [-0.1, -0.05) is 18.2 Å². The monoisotopic (exact) mass is 234 g/mol. The second-order valence-electron chi connectivity index (χ2n) is 2.87. The van der Waals surface area contributed by atoms with Crippen LogP contribution in [0.5, 0.6) is 0 Å². The van der Waals surface area contributed by atoms with E-state index in [4.69, 9.17) is 11.6 Å². The molecule has 80 valence electrons. The second-order valence-corrected chi connectivity index (χ2v) is 3.28. The van der Waals surface area contributed by atoms with Crippen molar-refractivity contribution in [1.29, 1.82) is 0 Å². The molecule has 0 spiro atoms. The van der Waals surface area contributed by atoms with E-state index >= 15 is 0 Å². The molecule has 6 heteroatoms. The summed E-state index contributed by atoms with van der Waals surface area (Å²) < 4.78 is 1.27. The summed E-state index contributed by atoms with van der Waals surface area (Å²) in [4.78, 5) is 19.7. The number of halogens is 1. The third kappa shape index (κ3) is 1.72. The van der Waals surface area contributed by atoms with Gasteiger partial charge in [0.05, 0.1) is 5.02 Å². The van der Waals surface area contributed by atoms with Gasteiger partial charge in [-0.15, -0.1) is 0 Å². The number of ketones is 1. The SMILES string of the molecule is C=Cn1ncnc1C(=O)c1ncccc1Cl. The topological polar surface area (TPSA) is 60.7 Å². The molecule has 0 aromatic carbocycles. The molecule has 0 atom stereocenters. The average molecular weight is 235 g/mol. The van der Waals surface area contributed by atoms with E-state index in [2.05, 4.69) is 21.6 Å². The van der Waals surface area contributed by atoms with Crippen molar-refractivity contribution in [2.24, 2.45) is 0 Å². The van der Waals surface area contributed by atoms with Gasteiger partial charge in [-0.2, -0.15) is 5.10 Å². The number of aromatic nitrogens is 4. The van der Waals surface area contributed by atoms with E-state index in [-0.39, 0.29) is 22.3 Å². The lowest BCUT2D eigenvalue weighted by Gasteiger charge is -2.00. The van der Waals surface area contributed by atoms with Gasteiger partial charge in [0.15, 0.2) is 0 Å². The Morgan fingerprint density at radius 1 is 1.50 bits per heavy atom. The number of carbonyl (C=O) groups is 1. The van der Waals surface area contributed by atoms with Gasteiger partial charge in [-0.25, -0.2) is 9.67 Å². The summed E-state index contributed by atoms with van der Waals surface area (Å²) in [7, 11) is 0. The van der Waals surface area contributed by atoms with Gasteiger partial charge in [0.2, 0.25) is 11.6 Å². The van der Waals surface area contributed by atoms with E-state index < -0.39 is 0 Å². The minimum Gasteiger partial charge on any atom is -0.283 e. The number of carbonyl (C=O) groups excluding carboxylic acids is 1. The van der Waals surface area contributed by atoms with Crippen molar-refractivity contribution in [2.45, 2.75) is 0 Å². The summed E-state index contributed by atoms with van der Waals surface area (Å²) in [5, 5.41) is 4.09. The lowest BCUT2D eigenvalue weighted by atomic mass is 10.2.